The van der Waals surface area contributed by atoms with Crippen LogP contribution in [-0.4, -0.2) is 50.0 Å². The van der Waals surface area contributed by atoms with Crippen LogP contribution >= 0.6 is 0 Å². The highest BCUT2D eigenvalue weighted by atomic mass is 16.5. The van der Waals surface area contributed by atoms with Crippen LogP contribution in [0.15, 0.2) is 18.2 Å². The van der Waals surface area contributed by atoms with Gasteiger partial charge in [0.2, 0.25) is 0 Å². The minimum absolute atomic E-state index is 0.118. The molecule has 4 atom stereocenters. The van der Waals surface area contributed by atoms with E-state index >= 15 is 0 Å². The minimum Gasteiger partial charge on any atom is -0.493 e. The number of likely N-dealkylation sites (N-methyl/N-ethyl adjacent to an activating group) is 1. The molecule has 122 valence electrons. The van der Waals surface area contributed by atoms with Gasteiger partial charge in [-0.3, -0.25) is 0 Å². The van der Waals surface area contributed by atoms with Crippen LogP contribution in [0.2, 0.25) is 0 Å². The average Bonchev–Trinajstić information content (AvgIpc) is 2.89. The van der Waals surface area contributed by atoms with E-state index in [1.807, 2.05) is 6.07 Å². The first kappa shape index (κ1) is 15.6. The Balaban J connectivity index is 2.05. The predicted molar refractivity (Wildman–Crippen MR) is 86.7 cm³/mol. The van der Waals surface area contributed by atoms with Gasteiger partial charge in [0.05, 0.1) is 20.3 Å². The second-order valence-electron chi connectivity index (χ2n) is 6.87. The average molecular weight is 305 g/mol. The molecule has 2 unspecified atom stereocenters. The molecule has 1 aromatic rings. The van der Waals surface area contributed by atoms with Crippen LogP contribution in [0, 0.1) is 5.92 Å². The van der Waals surface area contributed by atoms with Crippen LogP contribution in [0.1, 0.15) is 31.7 Å². The minimum atomic E-state index is -0.196. The number of fused-ring (bicyclic) bond motifs is 1. The Morgan fingerprint density at radius 2 is 1.91 bits per heavy atom. The fraction of sp³-hybridized carbons (Fsp3) is 0.667. The van der Waals surface area contributed by atoms with E-state index in [0.717, 1.165) is 37.3 Å². The normalized spacial score (nSPS) is 35.2. The molecular formula is C18H27NO3. The van der Waals surface area contributed by atoms with Gasteiger partial charge in [0.25, 0.3) is 0 Å². The molecule has 1 aliphatic carbocycles. The zero-order chi connectivity index (χ0) is 15.9. The molecule has 22 heavy (non-hydrogen) atoms. The number of ether oxygens (including phenoxy) is 2. The third-order valence-electron chi connectivity index (χ3n) is 5.90. The first-order chi connectivity index (χ1) is 10.5. The van der Waals surface area contributed by atoms with Gasteiger partial charge in [0.1, 0.15) is 0 Å². The summed E-state index contributed by atoms with van der Waals surface area (Å²) >= 11 is 0. The Labute approximate surface area is 133 Å². The highest BCUT2D eigenvalue weighted by Crippen LogP contribution is 2.51. The summed E-state index contributed by atoms with van der Waals surface area (Å²) in [4.78, 5) is 2.42. The predicted octanol–water partition coefficient (Wildman–Crippen LogP) is 2.44. The molecule has 0 radical (unpaired) electrons. The quantitative estimate of drug-likeness (QED) is 0.931. The lowest BCUT2D eigenvalue weighted by molar-refractivity contribution is 0.00251. The van der Waals surface area contributed by atoms with E-state index in [2.05, 4.69) is 31.0 Å². The van der Waals surface area contributed by atoms with Crippen molar-refractivity contribution in [1.29, 1.82) is 0 Å². The Morgan fingerprint density at radius 1 is 1.18 bits per heavy atom. The van der Waals surface area contributed by atoms with Gasteiger partial charge in [0, 0.05) is 11.5 Å². The van der Waals surface area contributed by atoms with Crippen molar-refractivity contribution in [2.45, 2.75) is 43.7 Å². The summed E-state index contributed by atoms with van der Waals surface area (Å²) in [5, 5.41) is 10.3. The standard InChI is InChI=1S/C18H27NO3/c1-12-14(20)7-8-18(9-10-19(2)17(12)18)13-5-6-15(21-3)16(11-13)22-4/h5-6,11-12,14,17,20H,7-10H2,1-4H3/t12-,14?,17?,18+/m1/s1. The van der Waals surface area contributed by atoms with Crippen LogP contribution < -0.4 is 9.47 Å². The van der Waals surface area contributed by atoms with Crippen molar-refractivity contribution >= 4 is 0 Å². The van der Waals surface area contributed by atoms with Crippen LogP contribution in [0.5, 0.6) is 11.5 Å². The van der Waals surface area contributed by atoms with E-state index < -0.39 is 0 Å². The van der Waals surface area contributed by atoms with Gasteiger partial charge in [-0.2, -0.15) is 0 Å². The third kappa shape index (κ3) is 2.20. The molecule has 1 saturated carbocycles. The Morgan fingerprint density at radius 3 is 2.59 bits per heavy atom. The van der Waals surface area contributed by atoms with E-state index in [1.165, 1.54) is 5.56 Å². The zero-order valence-corrected chi connectivity index (χ0v) is 14.0. The van der Waals surface area contributed by atoms with Gasteiger partial charge in [-0.1, -0.05) is 13.0 Å². The summed E-state index contributed by atoms with van der Waals surface area (Å²) in [5.74, 6) is 1.85. The lowest BCUT2D eigenvalue weighted by atomic mass is 9.62. The summed E-state index contributed by atoms with van der Waals surface area (Å²) in [6, 6.07) is 6.70. The number of methoxy groups -OCH3 is 2. The molecule has 1 saturated heterocycles. The Hall–Kier alpha value is -1.26. The Bertz CT molecular complexity index is 547. The molecule has 1 heterocycles. The van der Waals surface area contributed by atoms with Gasteiger partial charge in [-0.05, 0) is 56.5 Å². The fourth-order valence-electron chi connectivity index (χ4n) is 4.75. The monoisotopic (exact) mass is 305 g/mol. The Kier molecular flexibility index (Phi) is 4.08. The number of nitrogens with zero attached hydrogens (tertiary/aromatic N) is 1. The van der Waals surface area contributed by atoms with Gasteiger partial charge >= 0.3 is 0 Å². The first-order valence-electron chi connectivity index (χ1n) is 8.14. The fourth-order valence-corrected chi connectivity index (χ4v) is 4.75. The second kappa shape index (κ2) is 5.74. The van der Waals surface area contributed by atoms with Crippen molar-refractivity contribution in [2.75, 3.05) is 27.8 Å². The largest absolute Gasteiger partial charge is 0.493 e. The van der Waals surface area contributed by atoms with Crippen molar-refractivity contribution in [3.05, 3.63) is 23.8 Å². The maximum absolute atomic E-state index is 10.3. The van der Waals surface area contributed by atoms with Crippen molar-refractivity contribution < 1.29 is 14.6 Å². The maximum Gasteiger partial charge on any atom is 0.161 e. The van der Waals surface area contributed by atoms with Crippen LogP contribution in [0.3, 0.4) is 0 Å². The molecule has 2 aliphatic rings. The highest BCUT2D eigenvalue weighted by molar-refractivity contribution is 5.46. The van der Waals surface area contributed by atoms with Gasteiger partial charge in [0.15, 0.2) is 11.5 Å². The number of likely N-dealkylation sites (tertiary alicyclic amines) is 1. The summed E-state index contributed by atoms with van der Waals surface area (Å²) in [5.41, 5.74) is 1.44. The van der Waals surface area contributed by atoms with Crippen LogP contribution in [-0.2, 0) is 5.41 Å². The molecule has 2 fully saturated rings. The van der Waals surface area contributed by atoms with Crippen molar-refractivity contribution in [2.24, 2.45) is 5.92 Å². The lowest BCUT2D eigenvalue weighted by Crippen LogP contribution is -2.53. The van der Waals surface area contributed by atoms with E-state index in [0.29, 0.717) is 6.04 Å². The summed E-state index contributed by atoms with van der Waals surface area (Å²) in [6.07, 6.45) is 2.85. The zero-order valence-electron chi connectivity index (χ0n) is 14.0. The molecular weight excluding hydrogens is 278 g/mol. The molecule has 1 aliphatic heterocycles. The van der Waals surface area contributed by atoms with E-state index in [9.17, 15) is 5.11 Å². The summed E-state index contributed by atoms with van der Waals surface area (Å²) in [6.45, 7) is 3.27. The van der Waals surface area contributed by atoms with Gasteiger partial charge < -0.3 is 19.5 Å². The number of hydrogen-bond donors (Lipinski definition) is 1. The van der Waals surface area contributed by atoms with Gasteiger partial charge in [-0.25, -0.2) is 0 Å². The van der Waals surface area contributed by atoms with E-state index in [4.69, 9.17) is 9.47 Å². The molecule has 3 rings (SSSR count). The highest BCUT2D eigenvalue weighted by Gasteiger charge is 2.53. The SMILES string of the molecule is COc1ccc([C@@]23CCC(O)[C@@H](C)C2N(C)CC3)cc1OC. The maximum atomic E-state index is 10.3. The molecule has 4 nitrogen and oxygen atoms in total. The molecule has 0 aromatic heterocycles. The number of benzene rings is 1. The number of aliphatic hydroxyl groups excluding tert-OH is 1. The second-order valence-corrected chi connectivity index (χ2v) is 6.87. The topological polar surface area (TPSA) is 41.9 Å². The smallest absolute Gasteiger partial charge is 0.161 e. The molecule has 1 aromatic carbocycles. The molecule has 0 amide bonds. The van der Waals surface area contributed by atoms with E-state index in [-0.39, 0.29) is 17.4 Å². The van der Waals surface area contributed by atoms with Crippen molar-refractivity contribution in [3.63, 3.8) is 0 Å². The van der Waals surface area contributed by atoms with Crippen molar-refractivity contribution in [1.82, 2.24) is 4.90 Å². The third-order valence-corrected chi connectivity index (χ3v) is 5.90. The summed E-state index contributed by atoms with van der Waals surface area (Å²) in [7, 11) is 5.54. The molecule has 0 bridgehead atoms. The van der Waals surface area contributed by atoms with E-state index in [1.54, 1.807) is 14.2 Å². The molecule has 1 N–H and O–H groups in total. The summed E-state index contributed by atoms with van der Waals surface area (Å²) < 4.78 is 10.9. The number of hydrogen-bond acceptors (Lipinski definition) is 4. The number of aliphatic hydroxyl groups is 1. The lowest BCUT2D eigenvalue weighted by Gasteiger charge is -2.47. The van der Waals surface area contributed by atoms with Crippen LogP contribution in [0.4, 0.5) is 0 Å². The molecule has 0 spiro atoms. The number of rotatable bonds is 3. The van der Waals surface area contributed by atoms with Crippen molar-refractivity contribution in [3.8, 4) is 11.5 Å². The van der Waals surface area contributed by atoms with Crippen LogP contribution in [0.25, 0.3) is 0 Å². The first-order valence-corrected chi connectivity index (χ1v) is 8.14. The van der Waals surface area contributed by atoms with Gasteiger partial charge in [-0.15, -0.1) is 0 Å². The molecule has 4 heteroatoms.